The van der Waals surface area contributed by atoms with Crippen LogP contribution in [0.15, 0.2) is 18.2 Å². The Labute approximate surface area is 123 Å². The molecule has 6 nitrogen and oxygen atoms in total. The van der Waals surface area contributed by atoms with Crippen molar-refractivity contribution in [1.82, 2.24) is 10.2 Å². The molecule has 1 aromatic carbocycles. The van der Waals surface area contributed by atoms with E-state index in [0.29, 0.717) is 19.6 Å². The zero-order valence-electron chi connectivity index (χ0n) is 12.3. The number of aromatic carboxylic acids is 1. The Kier molecular flexibility index (Phi) is 4.80. The molecule has 1 atom stereocenters. The maximum absolute atomic E-state index is 12.1. The summed E-state index contributed by atoms with van der Waals surface area (Å²) in [6.45, 7) is 3.40. The van der Waals surface area contributed by atoms with Gasteiger partial charge in [0.1, 0.15) is 0 Å². The number of fused-ring (bicyclic) bond motifs is 1. The second-order valence-corrected chi connectivity index (χ2v) is 5.19. The van der Waals surface area contributed by atoms with Crippen molar-refractivity contribution in [3.05, 3.63) is 34.9 Å². The van der Waals surface area contributed by atoms with Crippen LogP contribution in [0.2, 0.25) is 0 Å². The SMILES string of the molecule is COC(C)CNC(=O)N1CCc2ccc(C(=O)O)cc2C1. The summed E-state index contributed by atoms with van der Waals surface area (Å²) in [5, 5.41) is 11.8. The molecular formula is C15H20N2O4. The molecule has 0 aromatic heterocycles. The van der Waals surface area contributed by atoms with Crippen molar-refractivity contribution >= 4 is 12.0 Å². The Balaban J connectivity index is 2.02. The minimum atomic E-state index is -0.951. The maximum Gasteiger partial charge on any atom is 0.335 e. The van der Waals surface area contributed by atoms with E-state index in [9.17, 15) is 9.59 Å². The topological polar surface area (TPSA) is 78.9 Å². The molecule has 2 amide bonds. The number of carbonyl (C=O) groups is 2. The van der Waals surface area contributed by atoms with Gasteiger partial charge < -0.3 is 20.1 Å². The maximum atomic E-state index is 12.1. The Morgan fingerprint density at radius 2 is 2.19 bits per heavy atom. The first-order valence-corrected chi connectivity index (χ1v) is 6.92. The molecule has 0 bridgehead atoms. The van der Waals surface area contributed by atoms with E-state index in [1.807, 2.05) is 13.0 Å². The number of urea groups is 1. The molecule has 0 saturated carbocycles. The van der Waals surface area contributed by atoms with Crippen molar-refractivity contribution in [2.45, 2.75) is 26.0 Å². The van der Waals surface area contributed by atoms with Gasteiger partial charge in [-0.2, -0.15) is 0 Å². The molecule has 0 fully saturated rings. The number of nitrogens with zero attached hydrogens (tertiary/aromatic N) is 1. The van der Waals surface area contributed by atoms with Crippen molar-refractivity contribution < 1.29 is 19.4 Å². The number of carboxylic acids is 1. The standard InChI is InChI=1S/C15H20N2O4/c1-10(21-2)8-16-15(20)17-6-5-11-3-4-12(14(18)19)7-13(11)9-17/h3-4,7,10H,5-6,8-9H2,1-2H3,(H,16,20)(H,18,19). The van der Waals surface area contributed by atoms with Gasteiger partial charge >= 0.3 is 12.0 Å². The van der Waals surface area contributed by atoms with Gasteiger partial charge in [0.25, 0.3) is 0 Å². The normalized spacial score (nSPS) is 15.2. The monoisotopic (exact) mass is 292 g/mol. The minimum absolute atomic E-state index is 0.0374. The Hall–Kier alpha value is -2.08. The van der Waals surface area contributed by atoms with E-state index in [2.05, 4.69) is 5.32 Å². The Bertz CT molecular complexity index is 544. The molecule has 114 valence electrons. The lowest BCUT2D eigenvalue weighted by Crippen LogP contribution is -2.44. The predicted octanol–water partition coefficient (Wildman–Crippen LogP) is 1.49. The van der Waals surface area contributed by atoms with E-state index in [4.69, 9.17) is 9.84 Å². The second kappa shape index (κ2) is 6.58. The van der Waals surface area contributed by atoms with Gasteiger partial charge in [-0.15, -0.1) is 0 Å². The molecule has 1 aliphatic rings. The van der Waals surface area contributed by atoms with Crippen molar-refractivity contribution in [3.8, 4) is 0 Å². The average molecular weight is 292 g/mol. The molecule has 1 heterocycles. The molecule has 0 spiro atoms. The first-order valence-electron chi connectivity index (χ1n) is 6.92. The molecule has 2 rings (SSSR count). The quantitative estimate of drug-likeness (QED) is 0.881. The molecule has 1 aromatic rings. The smallest absolute Gasteiger partial charge is 0.335 e. The van der Waals surface area contributed by atoms with E-state index in [1.165, 1.54) is 0 Å². The van der Waals surface area contributed by atoms with E-state index in [1.54, 1.807) is 24.1 Å². The van der Waals surface area contributed by atoms with Crippen molar-refractivity contribution in [2.24, 2.45) is 0 Å². The molecule has 2 N–H and O–H groups in total. The van der Waals surface area contributed by atoms with Crippen LogP contribution in [-0.2, 0) is 17.7 Å². The lowest BCUT2D eigenvalue weighted by Gasteiger charge is -2.29. The van der Waals surface area contributed by atoms with Crippen molar-refractivity contribution in [1.29, 1.82) is 0 Å². The Morgan fingerprint density at radius 3 is 2.86 bits per heavy atom. The Morgan fingerprint density at radius 1 is 1.43 bits per heavy atom. The van der Waals surface area contributed by atoms with Crippen LogP contribution in [0.4, 0.5) is 4.79 Å². The second-order valence-electron chi connectivity index (χ2n) is 5.19. The van der Waals surface area contributed by atoms with Crippen LogP contribution < -0.4 is 5.32 Å². The highest BCUT2D eigenvalue weighted by Gasteiger charge is 2.21. The first-order chi connectivity index (χ1) is 10.0. The number of amides is 2. The summed E-state index contributed by atoms with van der Waals surface area (Å²) in [5.41, 5.74) is 2.26. The highest BCUT2D eigenvalue weighted by atomic mass is 16.5. The van der Waals surface area contributed by atoms with Crippen LogP contribution in [0.5, 0.6) is 0 Å². The number of hydrogen-bond donors (Lipinski definition) is 2. The zero-order valence-corrected chi connectivity index (χ0v) is 12.3. The van der Waals surface area contributed by atoms with Gasteiger partial charge in [-0.3, -0.25) is 0 Å². The van der Waals surface area contributed by atoms with E-state index in [-0.39, 0.29) is 17.7 Å². The highest BCUT2D eigenvalue weighted by molar-refractivity contribution is 5.88. The summed E-state index contributed by atoms with van der Waals surface area (Å²) in [6.07, 6.45) is 0.701. The van der Waals surface area contributed by atoms with Gasteiger partial charge in [0.15, 0.2) is 0 Å². The average Bonchev–Trinajstić information content (AvgIpc) is 2.50. The number of carbonyl (C=O) groups excluding carboxylic acids is 1. The molecule has 1 aliphatic heterocycles. The number of methoxy groups -OCH3 is 1. The minimum Gasteiger partial charge on any atom is -0.478 e. The summed E-state index contributed by atoms with van der Waals surface area (Å²) in [5.74, 6) is -0.951. The number of ether oxygens (including phenoxy) is 1. The van der Waals surface area contributed by atoms with E-state index >= 15 is 0 Å². The zero-order chi connectivity index (χ0) is 15.4. The third-order valence-corrected chi connectivity index (χ3v) is 3.70. The van der Waals surface area contributed by atoms with Gasteiger partial charge in [-0.1, -0.05) is 6.07 Å². The van der Waals surface area contributed by atoms with Gasteiger partial charge in [0, 0.05) is 26.7 Å². The number of hydrogen-bond acceptors (Lipinski definition) is 3. The summed E-state index contributed by atoms with van der Waals surface area (Å²) in [7, 11) is 1.60. The van der Waals surface area contributed by atoms with Gasteiger partial charge in [0.2, 0.25) is 0 Å². The largest absolute Gasteiger partial charge is 0.478 e. The summed E-state index contributed by atoms with van der Waals surface area (Å²) in [4.78, 5) is 24.8. The van der Waals surface area contributed by atoms with E-state index in [0.717, 1.165) is 17.5 Å². The fraction of sp³-hybridized carbons (Fsp3) is 0.467. The van der Waals surface area contributed by atoms with Crippen molar-refractivity contribution in [3.63, 3.8) is 0 Å². The van der Waals surface area contributed by atoms with Crippen LogP contribution in [0.25, 0.3) is 0 Å². The van der Waals surface area contributed by atoms with Gasteiger partial charge in [-0.25, -0.2) is 9.59 Å². The first kappa shape index (κ1) is 15.3. The third kappa shape index (κ3) is 3.72. The molecule has 21 heavy (non-hydrogen) atoms. The van der Waals surface area contributed by atoms with Crippen LogP contribution in [-0.4, -0.2) is 48.3 Å². The number of carboxylic acid groups (broad SMARTS) is 1. The molecular weight excluding hydrogens is 272 g/mol. The lowest BCUT2D eigenvalue weighted by atomic mass is 9.97. The lowest BCUT2D eigenvalue weighted by molar-refractivity contribution is 0.0696. The third-order valence-electron chi connectivity index (χ3n) is 3.70. The summed E-state index contributed by atoms with van der Waals surface area (Å²) in [6, 6.07) is 4.94. The number of rotatable bonds is 4. The van der Waals surface area contributed by atoms with Crippen LogP contribution >= 0.6 is 0 Å². The van der Waals surface area contributed by atoms with Crippen LogP contribution in [0, 0.1) is 0 Å². The fourth-order valence-electron chi connectivity index (χ4n) is 2.29. The van der Waals surface area contributed by atoms with Crippen molar-refractivity contribution in [2.75, 3.05) is 20.2 Å². The van der Waals surface area contributed by atoms with Gasteiger partial charge in [-0.05, 0) is 36.6 Å². The molecule has 0 aliphatic carbocycles. The summed E-state index contributed by atoms with van der Waals surface area (Å²) >= 11 is 0. The predicted molar refractivity (Wildman–Crippen MR) is 77.4 cm³/mol. The van der Waals surface area contributed by atoms with Gasteiger partial charge in [0.05, 0.1) is 11.7 Å². The molecule has 0 saturated heterocycles. The summed E-state index contributed by atoms with van der Waals surface area (Å²) < 4.78 is 5.09. The van der Waals surface area contributed by atoms with E-state index < -0.39 is 5.97 Å². The molecule has 6 heteroatoms. The fourth-order valence-corrected chi connectivity index (χ4v) is 2.29. The molecule has 1 unspecified atom stereocenters. The highest BCUT2D eigenvalue weighted by Crippen LogP contribution is 2.20. The number of benzene rings is 1. The van der Waals surface area contributed by atoms with Crippen LogP contribution in [0.1, 0.15) is 28.4 Å². The van der Waals surface area contributed by atoms with Crippen LogP contribution in [0.3, 0.4) is 0 Å². The number of nitrogens with one attached hydrogen (secondary N) is 1. The molecule has 0 radical (unpaired) electrons.